The number of halogens is 2. The average Bonchev–Trinajstić information content (AvgIpc) is 2.38. The van der Waals surface area contributed by atoms with E-state index in [9.17, 15) is 8.78 Å². The maximum atomic E-state index is 13.8. The Labute approximate surface area is 115 Å². The van der Waals surface area contributed by atoms with Crippen LogP contribution in [0.15, 0.2) is 36.4 Å². The van der Waals surface area contributed by atoms with E-state index < -0.39 is 5.82 Å². The number of amidine groups is 1. The number of rotatable bonds is 4. The first-order valence-corrected chi connectivity index (χ1v) is 5.99. The van der Waals surface area contributed by atoms with Gasteiger partial charge < -0.3 is 10.5 Å². The summed E-state index contributed by atoms with van der Waals surface area (Å²) in [4.78, 5) is 0. The van der Waals surface area contributed by atoms with E-state index in [4.69, 9.17) is 15.9 Å². The normalized spacial score (nSPS) is 10.3. The zero-order valence-electron chi connectivity index (χ0n) is 10.9. The van der Waals surface area contributed by atoms with Gasteiger partial charge in [-0.3, -0.25) is 5.41 Å². The summed E-state index contributed by atoms with van der Waals surface area (Å²) in [6, 6.07) is 8.42. The van der Waals surface area contributed by atoms with Gasteiger partial charge in [0, 0.05) is 11.1 Å². The van der Waals surface area contributed by atoms with Crippen LogP contribution in [0.4, 0.5) is 8.78 Å². The highest BCUT2D eigenvalue weighted by atomic mass is 19.1. The zero-order valence-corrected chi connectivity index (χ0v) is 10.9. The van der Waals surface area contributed by atoms with Crippen LogP contribution in [0.1, 0.15) is 16.7 Å². The molecular formula is C15H14F2N2O. The van der Waals surface area contributed by atoms with E-state index in [1.54, 1.807) is 13.0 Å². The van der Waals surface area contributed by atoms with E-state index in [2.05, 4.69) is 0 Å². The van der Waals surface area contributed by atoms with Crippen LogP contribution in [0.5, 0.6) is 5.75 Å². The van der Waals surface area contributed by atoms with Crippen molar-refractivity contribution in [3.63, 3.8) is 0 Å². The molecule has 0 saturated carbocycles. The lowest BCUT2D eigenvalue weighted by atomic mass is 10.1. The number of nitrogens with one attached hydrogen (secondary N) is 1. The van der Waals surface area contributed by atoms with Gasteiger partial charge in [0.1, 0.15) is 29.8 Å². The second-order valence-electron chi connectivity index (χ2n) is 4.42. The summed E-state index contributed by atoms with van der Waals surface area (Å²) in [5.41, 5.74) is 6.60. The Hall–Kier alpha value is -2.43. The molecule has 0 aromatic heterocycles. The molecule has 0 aliphatic heterocycles. The minimum absolute atomic E-state index is 0.0243. The monoisotopic (exact) mass is 276 g/mol. The van der Waals surface area contributed by atoms with Crippen LogP contribution in [0.2, 0.25) is 0 Å². The van der Waals surface area contributed by atoms with Crippen molar-refractivity contribution >= 4 is 5.84 Å². The third-order valence-corrected chi connectivity index (χ3v) is 2.88. The van der Waals surface area contributed by atoms with Crippen LogP contribution in [0.3, 0.4) is 0 Å². The first kappa shape index (κ1) is 14.0. The molecule has 0 fully saturated rings. The number of aryl methyl sites for hydroxylation is 1. The number of nitrogens with two attached hydrogens (primary N) is 1. The largest absolute Gasteiger partial charge is 0.489 e. The Kier molecular flexibility index (Phi) is 3.98. The molecule has 0 unspecified atom stereocenters. The summed E-state index contributed by atoms with van der Waals surface area (Å²) in [6.45, 7) is 1.74. The van der Waals surface area contributed by atoms with Gasteiger partial charge in [0.25, 0.3) is 0 Å². The molecule has 5 heteroatoms. The summed E-state index contributed by atoms with van der Waals surface area (Å²) in [6.07, 6.45) is 0. The lowest BCUT2D eigenvalue weighted by Gasteiger charge is -2.10. The van der Waals surface area contributed by atoms with Crippen LogP contribution >= 0.6 is 0 Å². The maximum absolute atomic E-state index is 13.8. The van der Waals surface area contributed by atoms with Gasteiger partial charge in [-0.1, -0.05) is 12.1 Å². The smallest absolute Gasteiger partial charge is 0.130 e. The first-order chi connectivity index (χ1) is 9.47. The summed E-state index contributed by atoms with van der Waals surface area (Å²) in [5.74, 6) is -0.517. The van der Waals surface area contributed by atoms with Crippen molar-refractivity contribution in [2.24, 2.45) is 5.73 Å². The number of hydrogen-bond donors (Lipinski definition) is 2. The highest BCUT2D eigenvalue weighted by molar-refractivity contribution is 5.94. The van der Waals surface area contributed by atoms with Crippen LogP contribution in [0.25, 0.3) is 0 Å². The average molecular weight is 276 g/mol. The molecule has 104 valence electrons. The van der Waals surface area contributed by atoms with E-state index >= 15 is 0 Å². The van der Waals surface area contributed by atoms with Crippen molar-refractivity contribution in [1.82, 2.24) is 0 Å². The SMILES string of the molecule is Cc1cc(F)ccc1OCc1ccc(C(=N)N)cc1F. The predicted octanol–water partition coefficient (Wildman–Crippen LogP) is 3.14. The molecule has 2 aromatic rings. The Morgan fingerprint density at radius 1 is 1.20 bits per heavy atom. The van der Waals surface area contributed by atoms with Gasteiger partial charge in [-0.2, -0.15) is 0 Å². The molecule has 3 nitrogen and oxygen atoms in total. The van der Waals surface area contributed by atoms with E-state index in [-0.39, 0.29) is 18.3 Å². The molecule has 0 amide bonds. The molecule has 0 saturated heterocycles. The van der Waals surface area contributed by atoms with E-state index in [0.29, 0.717) is 22.4 Å². The Bertz CT molecular complexity index is 656. The van der Waals surface area contributed by atoms with Gasteiger partial charge in [-0.05, 0) is 36.8 Å². The number of ether oxygens (including phenoxy) is 1. The Balaban J connectivity index is 2.13. The maximum Gasteiger partial charge on any atom is 0.130 e. The quantitative estimate of drug-likeness (QED) is 0.665. The molecule has 2 aromatic carbocycles. The molecule has 0 radical (unpaired) electrons. The van der Waals surface area contributed by atoms with Crippen molar-refractivity contribution in [2.45, 2.75) is 13.5 Å². The summed E-state index contributed by atoms with van der Waals surface area (Å²) in [7, 11) is 0. The molecule has 3 N–H and O–H groups in total. The minimum Gasteiger partial charge on any atom is -0.489 e. The van der Waals surface area contributed by atoms with Gasteiger partial charge in [-0.15, -0.1) is 0 Å². The van der Waals surface area contributed by atoms with E-state index in [1.165, 1.54) is 30.3 Å². The number of nitrogen functional groups attached to an aromatic ring is 1. The first-order valence-electron chi connectivity index (χ1n) is 5.99. The van der Waals surface area contributed by atoms with Crippen molar-refractivity contribution < 1.29 is 13.5 Å². The summed E-state index contributed by atoms with van der Waals surface area (Å²) in [5, 5.41) is 7.23. The second-order valence-corrected chi connectivity index (χ2v) is 4.42. The van der Waals surface area contributed by atoms with Crippen LogP contribution in [-0.2, 0) is 6.61 Å². The van der Waals surface area contributed by atoms with Crippen molar-refractivity contribution in [3.05, 3.63) is 64.7 Å². The molecule has 0 atom stereocenters. The fourth-order valence-electron chi connectivity index (χ4n) is 1.76. The second kappa shape index (κ2) is 5.69. The van der Waals surface area contributed by atoms with Crippen molar-refractivity contribution in [1.29, 1.82) is 5.41 Å². The standard InChI is InChI=1S/C15H14F2N2O/c1-9-6-12(16)4-5-14(9)20-8-11-3-2-10(15(18)19)7-13(11)17/h2-7H,8H2,1H3,(H3,18,19). The van der Waals surface area contributed by atoms with Crippen LogP contribution in [0, 0.1) is 24.0 Å². The molecule has 0 aliphatic rings. The summed E-state index contributed by atoms with van der Waals surface area (Å²) < 4.78 is 32.2. The molecule has 2 rings (SSSR count). The highest BCUT2D eigenvalue weighted by Gasteiger charge is 2.07. The van der Waals surface area contributed by atoms with Crippen molar-refractivity contribution in [3.8, 4) is 5.75 Å². The third kappa shape index (κ3) is 3.12. The zero-order chi connectivity index (χ0) is 14.7. The number of benzene rings is 2. The minimum atomic E-state index is -0.488. The topological polar surface area (TPSA) is 59.1 Å². The lowest BCUT2D eigenvalue weighted by molar-refractivity contribution is 0.297. The molecule has 0 bridgehead atoms. The lowest BCUT2D eigenvalue weighted by Crippen LogP contribution is -2.12. The fourth-order valence-corrected chi connectivity index (χ4v) is 1.76. The van der Waals surface area contributed by atoms with Gasteiger partial charge >= 0.3 is 0 Å². The van der Waals surface area contributed by atoms with Crippen molar-refractivity contribution in [2.75, 3.05) is 0 Å². The van der Waals surface area contributed by atoms with Gasteiger partial charge in [0.2, 0.25) is 0 Å². The van der Waals surface area contributed by atoms with E-state index in [0.717, 1.165) is 0 Å². The number of hydrogen-bond acceptors (Lipinski definition) is 2. The Morgan fingerprint density at radius 3 is 2.55 bits per heavy atom. The molecule has 20 heavy (non-hydrogen) atoms. The fraction of sp³-hybridized carbons (Fsp3) is 0.133. The highest BCUT2D eigenvalue weighted by Crippen LogP contribution is 2.20. The Morgan fingerprint density at radius 2 is 1.95 bits per heavy atom. The molecule has 0 heterocycles. The van der Waals surface area contributed by atoms with Crippen LogP contribution in [-0.4, -0.2) is 5.84 Å². The van der Waals surface area contributed by atoms with E-state index in [1.807, 2.05) is 0 Å². The molecular weight excluding hydrogens is 262 g/mol. The van der Waals surface area contributed by atoms with Gasteiger partial charge in [-0.25, -0.2) is 8.78 Å². The van der Waals surface area contributed by atoms with Gasteiger partial charge in [0.15, 0.2) is 0 Å². The third-order valence-electron chi connectivity index (χ3n) is 2.88. The molecule has 0 spiro atoms. The predicted molar refractivity (Wildman–Crippen MR) is 72.9 cm³/mol. The van der Waals surface area contributed by atoms with Gasteiger partial charge in [0.05, 0.1) is 0 Å². The summed E-state index contributed by atoms with van der Waals surface area (Å²) >= 11 is 0. The molecule has 0 aliphatic carbocycles. The van der Waals surface area contributed by atoms with Crippen LogP contribution < -0.4 is 10.5 Å².